The van der Waals surface area contributed by atoms with E-state index in [2.05, 4.69) is 9.97 Å². The lowest BCUT2D eigenvalue weighted by atomic mass is 10.1. The first kappa shape index (κ1) is 10.9. The van der Waals surface area contributed by atoms with Gasteiger partial charge in [0.25, 0.3) is 0 Å². The summed E-state index contributed by atoms with van der Waals surface area (Å²) < 4.78 is 0. The molecule has 14 heavy (non-hydrogen) atoms. The topological polar surface area (TPSA) is 55.0 Å². The first-order chi connectivity index (χ1) is 6.65. The molecule has 0 aliphatic rings. The van der Waals surface area contributed by atoms with Gasteiger partial charge in [0.2, 0.25) is 0 Å². The van der Waals surface area contributed by atoms with Gasteiger partial charge in [0, 0.05) is 25.9 Å². The highest BCUT2D eigenvalue weighted by molar-refractivity contribution is 5.44. The third-order valence-electron chi connectivity index (χ3n) is 2.04. The molecule has 0 fully saturated rings. The zero-order chi connectivity index (χ0) is 10.6. The van der Waals surface area contributed by atoms with Gasteiger partial charge < -0.3 is 10.6 Å². The van der Waals surface area contributed by atoms with Crippen LogP contribution in [0.5, 0.6) is 0 Å². The van der Waals surface area contributed by atoms with Crippen molar-refractivity contribution >= 4 is 5.82 Å². The summed E-state index contributed by atoms with van der Waals surface area (Å²) in [6, 6.07) is 0. The molecule has 1 heterocycles. The maximum absolute atomic E-state index is 5.48. The number of hydrogen-bond acceptors (Lipinski definition) is 4. The molecule has 0 amide bonds. The normalized spacial score (nSPS) is 10.3. The van der Waals surface area contributed by atoms with E-state index in [-0.39, 0.29) is 0 Å². The Hall–Kier alpha value is -1.16. The summed E-state index contributed by atoms with van der Waals surface area (Å²) in [7, 11) is 3.99. The van der Waals surface area contributed by atoms with Crippen LogP contribution in [0.3, 0.4) is 0 Å². The van der Waals surface area contributed by atoms with E-state index in [0.29, 0.717) is 6.54 Å². The fraction of sp³-hybridized carbons (Fsp3) is 0.600. The standard InChI is InChI=1S/C10H18N4/c1-8-12-7-9(5-4-6-11)10(13-8)14(2)3/h7H,4-6,11H2,1-3H3. The largest absolute Gasteiger partial charge is 0.362 e. The molecule has 0 bridgehead atoms. The maximum Gasteiger partial charge on any atom is 0.134 e. The smallest absolute Gasteiger partial charge is 0.134 e. The Morgan fingerprint density at radius 1 is 1.43 bits per heavy atom. The first-order valence-electron chi connectivity index (χ1n) is 4.85. The van der Waals surface area contributed by atoms with Gasteiger partial charge in [-0.3, -0.25) is 0 Å². The second kappa shape index (κ2) is 4.91. The number of nitrogens with zero attached hydrogens (tertiary/aromatic N) is 3. The summed E-state index contributed by atoms with van der Waals surface area (Å²) in [5, 5.41) is 0. The Morgan fingerprint density at radius 3 is 2.71 bits per heavy atom. The van der Waals surface area contributed by atoms with E-state index in [0.717, 1.165) is 24.5 Å². The van der Waals surface area contributed by atoms with Crippen molar-refractivity contribution < 1.29 is 0 Å². The van der Waals surface area contributed by atoms with Crippen molar-refractivity contribution in [3.63, 3.8) is 0 Å². The summed E-state index contributed by atoms with van der Waals surface area (Å²) in [6.07, 6.45) is 3.82. The molecule has 0 aliphatic heterocycles. The van der Waals surface area contributed by atoms with E-state index in [1.165, 1.54) is 5.56 Å². The van der Waals surface area contributed by atoms with Gasteiger partial charge in [-0.25, -0.2) is 9.97 Å². The zero-order valence-electron chi connectivity index (χ0n) is 9.12. The molecule has 0 aromatic carbocycles. The van der Waals surface area contributed by atoms with Crippen LogP contribution in [0.4, 0.5) is 5.82 Å². The maximum atomic E-state index is 5.48. The highest BCUT2D eigenvalue weighted by Gasteiger charge is 2.06. The summed E-state index contributed by atoms with van der Waals surface area (Å²) in [5.41, 5.74) is 6.65. The summed E-state index contributed by atoms with van der Waals surface area (Å²) >= 11 is 0. The van der Waals surface area contributed by atoms with Crippen molar-refractivity contribution in [1.82, 2.24) is 9.97 Å². The summed E-state index contributed by atoms with van der Waals surface area (Å²) in [4.78, 5) is 10.6. The van der Waals surface area contributed by atoms with Crippen molar-refractivity contribution in [3.8, 4) is 0 Å². The molecule has 0 spiro atoms. The quantitative estimate of drug-likeness (QED) is 0.768. The van der Waals surface area contributed by atoms with Gasteiger partial charge in [-0.05, 0) is 26.3 Å². The molecule has 0 saturated heterocycles. The van der Waals surface area contributed by atoms with Gasteiger partial charge in [0.15, 0.2) is 0 Å². The molecule has 0 saturated carbocycles. The van der Waals surface area contributed by atoms with E-state index in [1.807, 2.05) is 32.1 Å². The molecule has 1 aromatic heterocycles. The number of rotatable bonds is 4. The minimum atomic E-state index is 0.709. The predicted octanol–water partition coefficient (Wildman–Crippen LogP) is 0.742. The van der Waals surface area contributed by atoms with Gasteiger partial charge in [0.05, 0.1) is 0 Å². The lowest BCUT2D eigenvalue weighted by Crippen LogP contribution is -2.15. The number of nitrogens with two attached hydrogens (primary N) is 1. The minimum Gasteiger partial charge on any atom is -0.362 e. The van der Waals surface area contributed by atoms with E-state index >= 15 is 0 Å². The summed E-state index contributed by atoms with van der Waals surface area (Å²) in [5.74, 6) is 1.82. The van der Waals surface area contributed by atoms with Crippen LogP contribution in [-0.2, 0) is 6.42 Å². The van der Waals surface area contributed by atoms with E-state index < -0.39 is 0 Å². The Morgan fingerprint density at radius 2 is 2.14 bits per heavy atom. The molecule has 2 N–H and O–H groups in total. The highest BCUT2D eigenvalue weighted by Crippen LogP contribution is 2.15. The van der Waals surface area contributed by atoms with Crippen molar-refractivity contribution in [2.45, 2.75) is 19.8 Å². The van der Waals surface area contributed by atoms with Crippen LogP contribution >= 0.6 is 0 Å². The van der Waals surface area contributed by atoms with Crippen LogP contribution in [-0.4, -0.2) is 30.6 Å². The van der Waals surface area contributed by atoms with Crippen molar-refractivity contribution in [1.29, 1.82) is 0 Å². The lowest BCUT2D eigenvalue weighted by Gasteiger charge is -2.15. The molecule has 0 unspecified atom stereocenters. The average molecular weight is 194 g/mol. The van der Waals surface area contributed by atoms with Crippen molar-refractivity contribution in [2.24, 2.45) is 5.73 Å². The molecule has 78 valence electrons. The number of hydrogen-bond donors (Lipinski definition) is 1. The van der Waals surface area contributed by atoms with E-state index in [4.69, 9.17) is 5.73 Å². The van der Waals surface area contributed by atoms with Gasteiger partial charge >= 0.3 is 0 Å². The molecule has 0 aliphatic carbocycles. The molecule has 4 nitrogen and oxygen atoms in total. The Bertz CT molecular complexity index is 296. The van der Waals surface area contributed by atoms with Crippen LogP contribution < -0.4 is 10.6 Å². The van der Waals surface area contributed by atoms with E-state index in [1.54, 1.807) is 0 Å². The Kier molecular flexibility index (Phi) is 3.83. The van der Waals surface area contributed by atoms with Crippen LogP contribution in [0.25, 0.3) is 0 Å². The van der Waals surface area contributed by atoms with Gasteiger partial charge in [-0.2, -0.15) is 0 Å². The lowest BCUT2D eigenvalue weighted by molar-refractivity contribution is 0.813. The van der Waals surface area contributed by atoms with Gasteiger partial charge in [0.1, 0.15) is 11.6 Å². The molecular weight excluding hydrogens is 176 g/mol. The SMILES string of the molecule is Cc1ncc(CCCN)c(N(C)C)n1. The number of aromatic nitrogens is 2. The van der Waals surface area contributed by atoms with Crippen molar-refractivity contribution in [3.05, 3.63) is 17.6 Å². The second-order valence-electron chi connectivity index (χ2n) is 3.55. The van der Waals surface area contributed by atoms with Gasteiger partial charge in [-0.1, -0.05) is 0 Å². The second-order valence-corrected chi connectivity index (χ2v) is 3.55. The van der Waals surface area contributed by atoms with Gasteiger partial charge in [-0.15, -0.1) is 0 Å². The minimum absolute atomic E-state index is 0.709. The van der Waals surface area contributed by atoms with Crippen LogP contribution in [0.1, 0.15) is 17.8 Å². The third kappa shape index (κ3) is 2.67. The Labute approximate surface area is 85.2 Å². The third-order valence-corrected chi connectivity index (χ3v) is 2.04. The molecular formula is C10H18N4. The molecule has 1 aromatic rings. The van der Waals surface area contributed by atoms with Crippen LogP contribution in [0.15, 0.2) is 6.20 Å². The fourth-order valence-electron chi connectivity index (χ4n) is 1.34. The molecule has 4 heteroatoms. The van der Waals surface area contributed by atoms with Crippen molar-refractivity contribution in [2.75, 3.05) is 25.5 Å². The highest BCUT2D eigenvalue weighted by atomic mass is 15.1. The molecule has 1 rings (SSSR count). The summed E-state index contributed by atoms with van der Waals surface area (Å²) in [6.45, 7) is 2.61. The number of aryl methyl sites for hydroxylation is 2. The molecule has 0 atom stereocenters. The number of anilines is 1. The van der Waals surface area contributed by atoms with Crippen LogP contribution in [0.2, 0.25) is 0 Å². The monoisotopic (exact) mass is 194 g/mol. The van der Waals surface area contributed by atoms with Crippen LogP contribution in [0, 0.1) is 6.92 Å². The molecule has 0 radical (unpaired) electrons. The fourth-order valence-corrected chi connectivity index (χ4v) is 1.34. The first-order valence-corrected chi connectivity index (χ1v) is 4.85. The van der Waals surface area contributed by atoms with E-state index in [9.17, 15) is 0 Å². The Balaban J connectivity index is 2.90. The zero-order valence-corrected chi connectivity index (χ0v) is 9.12. The predicted molar refractivity (Wildman–Crippen MR) is 58.5 cm³/mol. The average Bonchev–Trinajstić information content (AvgIpc) is 2.15.